The summed E-state index contributed by atoms with van der Waals surface area (Å²) in [6, 6.07) is 0. The molecule has 1 rings (SSSR count). The van der Waals surface area contributed by atoms with Crippen molar-refractivity contribution in [3.05, 3.63) is 0 Å². The first-order valence-electron chi connectivity index (χ1n) is 4.11. The quantitative estimate of drug-likeness (QED) is 0.531. The van der Waals surface area contributed by atoms with Gasteiger partial charge in [0.05, 0.1) is 0 Å². The minimum atomic E-state index is -0.926. The van der Waals surface area contributed by atoms with Crippen molar-refractivity contribution in [1.82, 2.24) is 0 Å². The Morgan fingerprint density at radius 2 is 1.45 bits per heavy atom. The van der Waals surface area contributed by atoms with E-state index in [0.717, 1.165) is 19.3 Å². The molecule has 3 nitrogen and oxygen atoms in total. The first-order valence-corrected chi connectivity index (χ1v) is 4.11. The van der Waals surface area contributed by atoms with Crippen molar-refractivity contribution in [3.63, 3.8) is 0 Å². The van der Waals surface area contributed by atoms with Gasteiger partial charge in [0.25, 0.3) is 0 Å². The van der Waals surface area contributed by atoms with Crippen molar-refractivity contribution in [2.75, 3.05) is 0 Å². The van der Waals surface area contributed by atoms with Gasteiger partial charge in [-0.15, -0.1) is 0 Å². The minimum Gasteiger partial charge on any atom is -0.385 e. The third kappa shape index (κ3) is 2.27. The van der Waals surface area contributed by atoms with Crippen LogP contribution in [0.15, 0.2) is 0 Å². The van der Waals surface area contributed by atoms with Crippen LogP contribution in [0.25, 0.3) is 0 Å². The molecule has 0 aromatic rings. The maximum absolute atomic E-state index is 11.0. The molecule has 2 atom stereocenters. The van der Waals surface area contributed by atoms with Crippen molar-refractivity contribution in [3.8, 4) is 0 Å². The first kappa shape index (κ1) is 8.68. The molecule has 1 aliphatic rings. The lowest BCUT2D eigenvalue weighted by molar-refractivity contribution is -0.136. The number of ketones is 1. The Morgan fingerprint density at radius 1 is 1.00 bits per heavy atom. The summed E-state index contributed by atoms with van der Waals surface area (Å²) >= 11 is 0. The predicted octanol–water partition coefficient (Wildman–Crippen LogP) is 0.241. The minimum absolute atomic E-state index is 0.398. The Morgan fingerprint density at radius 3 is 1.91 bits per heavy atom. The molecule has 3 heteroatoms. The van der Waals surface area contributed by atoms with Crippen LogP contribution in [0.2, 0.25) is 0 Å². The third-order valence-corrected chi connectivity index (χ3v) is 2.11. The zero-order chi connectivity index (χ0) is 8.27. The van der Waals surface area contributed by atoms with Gasteiger partial charge in [0.2, 0.25) is 0 Å². The molecular formula is C8H14O3. The Bertz CT molecular complexity index is 130. The lowest BCUT2D eigenvalue weighted by Crippen LogP contribution is -2.33. The predicted molar refractivity (Wildman–Crippen MR) is 40.1 cm³/mol. The standard InChI is InChI=1S/C8H14O3/c9-6-4-2-1-3-5-7(10)8(6)11/h6-7,9-10H,1-5H2/t6-,7+. The molecule has 0 unspecified atom stereocenters. The maximum Gasteiger partial charge on any atom is 0.189 e. The highest BCUT2D eigenvalue weighted by Gasteiger charge is 2.24. The lowest BCUT2D eigenvalue weighted by atomic mass is 9.95. The van der Waals surface area contributed by atoms with Crippen molar-refractivity contribution >= 4 is 5.78 Å². The van der Waals surface area contributed by atoms with Crippen LogP contribution in [0.5, 0.6) is 0 Å². The molecule has 0 heterocycles. The summed E-state index contributed by atoms with van der Waals surface area (Å²) < 4.78 is 0. The fourth-order valence-corrected chi connectivity index (χ4v) is 1.36. The zero-order valence-corrected chi connectivity index (χ0v) is 6.49. The summed E-state index contributed by atoms with van der Waals surface area (Å²) in [6.07, 6.45) is 1.95. The van der Waals surface area contributed by atoms with Crippen LogP contribution < -0.4 is 0 Å². The van der Waals surface area contributed by atoms with Crippen molar-refractivity contribution in [2.45, 2.75) is 44.3 Å². The number of aliphatic hydroxyl groups excluding tert-OH is 2. The topological polar surface area (TPSA) is 57.5 Å². The highest BCUT2D eigenvalue weighted by Crippen LogP contribution is 2.14. The van der Waals surface area contributed by atoms with E-state index < -0.39 is 18.0 Å². The number of Topliss-reactive ketones (excluding diaryl/α,β-unsaturated/α-hetero) is 1. The summed E-state index contributed by atoms with van der Waals surface area (Å²) in [5.41, 5.74) is 0. The van der Waals surface area contributed by atoms with Crippen LogP contribution in [-0.4, -0.2) is 28.2 Å². The Labute approximate surface area is 66.0 Å². The summed E-state index contributed by atoms with van der Waals surface area (Å²) in [4.78, 5) is 11.0. The summed E-state index contributed by atoms with van der Waals surface area (Å²) in [6.45, 7) is 0. The van der Waals surface area contributed by atoms with Crippen molar-refractivity contribution in [1.29, 1.82) is 0 Å². The highest BCUT2D eigenvalue weighted by atomic mass is 16.3. The Balaban J connectivity index is 2.49. The van der Waals surface area contributed by atoms with E-state index in [1.54, 1.807) is 0 Å². The molecule has 0 saturated heterocycles. The molecule has 0 aliphatic heterocycles. The van der Waals surface area contributed by atoms with Gasteiger partial charge in [-0.05, 0) is 12.8 Å². The zero-order valence-electron chi connectivity index (χ0n) is 6.49. The van der Waals surface area contributed by atoms with Crippen LogP contribution in [0.3, 0.4) is 0 Å². The molecule has 1 saturated carbocycles. The van der Waals surface area contributed by atoms with Gasteiger partial charge >= 0.3 is 0 Å². The van der Waals surface area contributed by atoms with Gasteiger partial charge in [0.1, 0.15) is 12.2 Å². The van der Waals surface area contributed by atoms with Crippen molar-refractivity contribution in [2.24, 2.45) is 0 Å². The van der Waals surface area contributed by atoms with E-state index in [-0.39, 0.29) is 0 Å². The Hall–Kier alpha value is -0.410. The number of hydrogen-bond acceptors (Lipinski definition) is 3. The molecule has 1 fully saturated rings. The summed E-state index contributed by atoms with van der Waals surface area (Å²) in [7, 11) is 0. The molecule has 0 bridgehead atoms. The second-order valence-electron chi connectivity index (χ2n) is 3.07. The molecule has 0 spiro atoms. The molecule has 2 N–H and O–H groups in total. The van der Waals surface area contributed by atoms with E-state index in [0.29, 0.717) is 12.8 Å². The smallest absolute Gasteiger partial charge is 0.189 e. The normalized spacial score (nSPS) is 34.5. The molecule has 0 aromatic heterocycles. The van der Waals surface area contributed by atoms with E-state index in [1.807, 2.05) is 0 Å². The van der Waals surface area contributed by atoms with E-state index >= 15 is 0 Å². The van der Waals surface area contributed by atoms with Gasteiger partial charge in [-0.2, -0.15) is 0 Å². The fraction of sp³-hybridized carbons (Fsp3) is 0.875. The largest absolute Gasteiger partial charge is 0.385 e. The summed E-state index contributed by atoms with van der Waals surface area (Å²) in [5.74, 6) is -0.398. The SMILES string of the molecule is O=C1[C@H](O)CCCCC[C@@H]1O. The van der Waals surface area contributed by atoms with Gasteiger partial charge in [0.15, 0.2) is 5.78 Å². The number of aliphatic hydroxyl groups is 2. The van der Waals surface area contributed by atoms with Gasteiger partial charge in [-0.25, -0.2) is 0 Å². The number of carbonyl (C=O) groups excluding carboxylic acids is 1. The van der Waals surface area contributed by atoms with Crippen molar-refractivity contribution < 1.29 is 15.0 Å². The number of hydrogen-bond donors (Lipinski definition) is 2. The number of rotatable bonds is 0. The summed E-state index contributed by atoms with van der Waals surface area (Å²) in [5, 5.41) is 18.3. The van der Waals surface area contributed by atoms with Crippen LogP contribution in [0, 0.1) is 0 Å². The molecule has 0 amide bonds. The maximum atomic E-state index is 11.0. The van der Waals surface area contributed by atoms with Gasteiger partial charge < -0.3 is 10.2 Å². The van der Waals surface area contributed by atoms with E-state index in [2.05, 4.69) is 0 Å². The second-order valence-corrected chi connectivity index (χ2v) is 3.07. The van der Waals surface area contributed by atoms with E-state index in [9.17, 15) is 4.79 Å². The first-order chi connectivity index (χ1) is 5.22. The van der Waals surface area contributed by atoms with Crippen LogP contribution in [0.1, 0.15) is 32.1 Å². The average Bonchev–Trinajstić information content (AvgIpc) is 2.00. The molecule has 0 aromatic carbocycles. The van der Waals surface area contributed by atoms with Crippen LogP contribution in [0.4, 0.5) is 0 Å². The third-order valence-electron chi connectivity index (χ3n) is 2.11. The van der Waals surface area contributed by atoms with Crippen LogP contribution >= 0.6 is 0 Å². The fourth-order valence-electron chi connectivity index (χ4n) is 1.36. The monoisotopic (exact) mass is 158 g/mol. The van der Waals surface area contributed by atoms with Gasteiger partial charge in [-0.3, -0.25) is 4.79 Å². The average molecular weight is 158 g/mol. The van der Waals surface area contributed by atoms with Gasteiger partial charge in [-0.1, -0.05) is 19.3 Å². The van der Waals surface area contributed by atoms with Crippen LogP contribution in [-0.2, 0) is 4.79 Å². The highest BCUT2D eigenvalue weighted by molar-refractivity contribution is 5.86. The lowest BCUT2D eigenvalue weighted by Gasteiger charge is -2.17. The van der Waals surface area contributed by atoms with Gasteiger partial charge in [0, 0.05) is 0 Å². The Kier molecular flexibility index (Phi) is 3.02. The molecule has 0 radical (unpaired) electrons. The van der Waals surface area contributed by atoms with E-state index in [4.69, 9.17) is 10.2 Å². The molecule has 64 valence electrons. The van der Waals surface area contributed by atoms with E-state index in [1.165, 1.54) is 0 Å². The second kappa shape index (κ2) is 3.83. The molecular weight excluding hydrogens is 144 g/mol. The molecule has 11 heavy (non-hydrogen) atoms. The number of carbonyl (C=O) groups is 1. The molecule has 1 aliphatic carbocycles.